The quantitative estimate of drug-likeness (QED) is 0.704. The summed E-state index contributed by atoms with van der Waals surface area (Å²) in [6, 6.07) is 13.9. The molecule has 0 aliphatic carbocycles. The Morgan fingerprint density at radius 1 is 0.700 bits per heavy atom. The fourth-order valence-corrected chi connectivity index (χ4v) is 2.27. The van der Waals surface area contributed by atoms with Crippen LogP contribution in [0.5, 0.6) is 0 Å². The summed E-state index contributed by atoms with van der Waals surface area (Å²) in [4.78, 5) is 13.6. The van der Waals surface area contributed by atoms with Crippen molar-refractivity contribution in [1.82, 2.24) is 15.0 Å². The van der Waals surface area contributed by atoms with Gasteiger partial charge in [-0.25, -0.2) is 4.98 Å². The summed E-state index contributed by atoms with van der Waals surface area (Å²) in [5.41, 5.74) is 5.86. The Balaban J connectivity index is 2.19. The van der Waals surface area contributed by atoms with Gasteiger partial charge in [0.2, 0.25) is 0 Å². The molecule has 0 aliphatic rings. The van der Waals surface area contributed by atoms with E-state index in [4.69, 9.17) is 4.98 Å². The number of aryl methyl sites for hydroxylation is 2. The third-order valence-electron chi connectivity index (χ3n) is 3.22. The van der Waals surface area contributed by atoms with Gasteiger partial charge in [0.15, 0.2) is 0 Å². The van der Waals surface area contributed by atoms with Crippen molar-refractivity contribution in [3.8, 4) is 22.8 Å². The van der Waals surface area contributed by atoms with E-state index in [1.54, 1.807) is 12.4 Å². The predicted molar refractivity (Wildman–Crippen MR) is 80.2 cm³/mol. The van der Waals surface area contributed by atoms with Crippen LogP contribution in [0, 0.1) is 13.8 Å². The number of hydrogen-bond donors (Lipinski definition) is 0. The summed E-state index contributed by atoms with van der Waals surface area (Å²) in [6.07, 6.45) is 3.58. The molecule has 3 nitrogen and oxygen atoms in total. The van der Waals surface area contributed by atoms with Crippen molar-refractivity contribution in [3.05, 3.63) is 66.0 Å². The van der Waals surface area contributed by atoms with E-state index < -0.39 is 0 Å². The first kappa shape index (κ1) is 12.5. The molecule has 3 aromatic heterocycles. The van der Waals surface area contributed by atoms with Crippen molar-refractivity contribution >= 4 is 0 Å². The minimum atomic E-state index is 0.891. The fourth-order valence-electron chi connectivity index (χ4n) is 2.27. The van der Waals surface area contributed by atoms with Crippen molar-refractivity contribution in [2.24, 2.45) is 0 Å². The van der Waals surface area contributed by atoms with Gasteiger partial charge in [-0.15, -0.1) is 0 Å². The SMILES string of the molecule is Cc1cc(C)c(-c2ccccn2)nc1-c1ccccn1. The highest BCUT2D eigenvalue weighted by Gasteiger charge is 2.11. The second-order valence-corrected chi connectivity index (χ2v) is 4.75. The van der Waals surface area contributed by atoms with Gasteiger partial charge in [-0.1, -0.05) is 18.2 Å². The zero-order chi connectivity index (χ0) is 13.9. The molecule has 98 valence electrons. The van der Waals surface area contributed by atoms with Crippen molar-refractivity contribution in [2.45, 2.75) is 13.8 Å². The smallest absolute Gasteiger partial charge is 0.0923 e. The number of rotatable bonds is 2. The topological polar surface area (TPSA) is 38.7 Å². The Morgan fingerprint density at radius 3 is 1.60 bits per heavy atom. The first-order valence-corrected chi connectivity index (χ1v) is 6.57. The highest BCUT2D eigenvalue weighted by Crippen LogP contribution is 2.26. The molecule has 3 heterocycles. The minimum Gasteiger partial charge on any atom is -0.255 e. The summed E-state index contributed by atoms with van der Waals surface area (Å²) in [5.74, 6) is 0. The molecule has 0 aromatic carbocycles. The fraction of sp³-hybridized carbons (Fsp3) is 0.118. The molecule has 3 heteroatoms. The van der Waals surface area contributed by atoms with Gasteiger partial charge in [0, 0.05) is 12.4 Å². The molecule has 0 fully saturated rings. The zero-order valence-electron chi connectivity index (χ0n) is 11.5. The van der Waals surface area contributed by atoms with Gasteiger partial charge in [0.25, 0.3) is 0 Å². The maximum atomic E-state index is 4.79. The van der Waals surface area contributed by atoms with E-state index in [0.29, 0.717) is 0 Å². The third kappa shape index (κ3) is 2.30. The van der Waals surface area contributed by atoms with Gasteiger partial charge in [-0.2, -0.15) is 0 Å². The van der Waals surface area contributed by atoms with E-state index >= 15 is 0 Å². The molecule has 0 aliphatic heterocycles. The Hall–Kier alpha value is -2.55. The normalized spacial score (nSPS) is 10.5. The average molecular weight is 261 g/mol. The molecule has 0 amide bonds. The molecular weight excluding hydrogens is 246 g/mol. The number of hydrogen-bond acceptors (Lipinski definition) is 3. The van der Waals surface area contributed by atoms with Crippen LogP contribution in [0.25, 0.3) is 22.8 Å². The standard InChI is InChI=1S/C17H15N3/c1-12-11-13(2)17(15-8-4-6-10-19-15)20-16(12)14-7-3-5-9-18-14/h3-11H,1-2H3. The summed E-state index contributed by atoms with van der Waals surface area (Å²) in [7, 11) is 0. The molecule has 0 saturated heterocycles. The average Bonchev–Trinajstić information content (AvgIpc) is 2.49. The van der Waals surface area contributed by atoms with Gasteiger partial charge in [-0.3, -0.25) is 9.97 Å². The van der Waals surface area contributed by atoms with Crippen LogP contribution in [0.4, 0.5) is 0 Å². The second-order valence-electron chi connectivity index (χ2n) is 4.75. The van der Waals surface area contributed by atoms with Gasteiger partial charge >= 0.3 is 0 Å². The lowest BCUT2D eigenvalue weighted by Crippen LogP contribution is -1.97. The van der Waals surface area contributed by atoms with Gasteiger partial charge in [-0.05, 0) is 49.2 Å². The van der Waals surface area contributed by atoms with Crippen LogP contribution >= 0.6 is 0 Å². The lowest BCUT2D eigenvalue weighted by Gasteiger charge is -2.10. The second kappa shape index (κ2) is 5.21. The molecule has 0 radical (unpaired) electrons. The van der Waals surface area contributed by atoms with E-state index in [1.165, 1.54) is 0 Å². The molecule has 0 unspecified atom stereocenters. The molecular formula is C17H15N3. The first-order valence-electron chi connectivity index (χ1n) is 6.57. The van der Waals surface area contributed by atoms with E-state index in [1.807, 2.05) is 36.4 Å². The number of nitrogens with zero attached hydrogens (tertiary/aromatic N) is 3. The number of pyridine rings is 3. The van der Waals surface area contributed by atoms with Crippen molar-refractivity contribution < 1.29 is 0 Å². The zero-order valence-corrected chi connectivity index (χ0v) is 11.5. The first-order chi connectivity index (χ1) is 9.75. The van der Waals surface area contributed by atoms with Crippen molar-refractivity contribution in [3.63, 3.8) is 0 Å². The summed E-state index contributed by atoms with van der Waals surface area (Å²) >= 11 is 0. The van der Waals surface area contributed by atoms with Gasteiger partial charge in [0.05, 0.1) is 22.8 Å². The van der Waals surface area contributed by atoms with Crippen molar-refractivity contribution in [1.29, 1.82) is 0 Å². The highest BCUT2D eigenvalue weighted by molar-refractivity contribution is 5.67. The molecule has 0 spiro atoms. The summed E-state index contributed by atoms with van der Waals surface area (Å²) in [6.45, 7) is 4.12. The van der Waals surface area contributed by atoms with Gasteiger partial charge in [0.1, 0.15) is 0 Å². The van der Waals surface area contributed by atoms with Crippen LogP contribution in [-0.2, 0) is 0 Å². The largest absolute Gasteiger partial charge is 0.255 e. The maximum absolute atomic E-state index is 4.79. The number of aromatic nitrogens is 3. The van der Waals surface area contributed by atoms with Crippen LogP contribution in [-0.4, -0.2) is 15.0 Å². The van der Waals surface area contributed by atoms with E-state index in [9.17, 15) is 0 Å². The molecule has 0 atom stereocenters. The predicted octanol–water partition coefficient (Wildman–Crippen LogP) is 3.82. The monoisotopic (exact) mass is 261 g/mol. The Labute approximate surface area is 118 Å². The van der Waals surface area contributed by atoms with E-state index in [-0.39, 0.29) is 0 Å². The van der Waals surface area contributed by atoms with Crippen LogP contribution in [0.3, 0.4) is 0 Å². The van der Waals surface area contributed by atoms with E-state index in [2.05, 4.69) is 29.9 Å². The van der Waals surface area contributed by atoms with Crippen LogP contribution in [0.2, 0.25) is 0 Å². The molecule has 0 saturated carbocycles. The third-order valence-corrected chi connectivity index (χ3v) is 3.22. The molecule has 20 heavy (non-hydrogen) atoms. The molecule has 3 rings (SSSR count). The molecule has 0 bridgehead atoms. The minimum absolute atomic E-state index is 0.891. The highest BCUT2D eigenvalue weighted by atomic mass is 14.8. The molecule has 3 aromatic rings. The maximum Gasteiger partial charge on any atom is 0.0923 e. The van der Waals surface area contributed by atoms with Crippen LogP contribution in [0.15, 0.2) is 54.9 Å². The summed E-state index contributed by atoms with van der Waals surface area (Å²) in [5, 5.41) is 0. The van der Waals surface area contributed by atoms with Crippen molar-refractivity contribution in [2.75, 3.05) is 0 Å². The Bertz CT molecular complexity index is 661. The van der Waals surface area contributed by atoms with E-state index in [0.717, 1.165) is 33.9 Å². The Morgan fingerprint density at radius 2 is 1.20 bits per heavy atom. The van der Waals surface area contributed by atoms with Gasteiger partial charge < -0.3 is 0 Å². The van der Waals surface area contributed by atoms with Crippen LogP contribution in [0.1, 0.15) is 11.1 Å². The van der Waals surface area contributed by atoms with Crippen LogP contribution < -0.4 is 0 Å². The lowest BCUT2D eigenvalue weighted by atomic mass is 10.1. The molecule has 0 N–H and O–H groups in total. The summed E-state index contributed by atoms with van der Waals surface area (Å²) < 4.78 is 0. The Kier molecular flexibility index (Phi) is 3.25. The lowest BCUT2D eigenvalue weighted by molar-refractivity contribution is 1.17.